The molecular formula is C15H22N4O3S. The largest absolute Gasteiger partial charge is 0.359 e. The number of aryl methyl sites for hydroxylation is 2. The number of nitrogens with zero attached hydrogens (tertiary/aromatic N) is 3. The van der Waals surface area contributed by atoms with Gasteiger partial charge in [0.1, 0.15) is 10.7 Å². The Bertz CT molecular complexity index is 833. The van der Waals surface area contributed by atoms with E-state index in [1.807, 2.05) is 13.8 Å². The van der Waals surface area contributed by atoms with E-state index in [4.69, 9.17) is 4.52 Å². The summed E-state index contributed by atoms with van der Waals surface area (Å²) in [6.07, 6.45) is 3.67. The van der Waals surface area contributed by atoms with Crippen LogP contribution in [0.4, 0.5) is 5.82 Å². The number of sulfonamides is 1. The van der Waals surface area contributed by atoms with Crippen molar-refractivity contribution in [3.05, 3.63) is 22.7 Å². The molecule has 3 rings (SSSR count). The lowest BCUT2D eigenvalue weighted by atomic mass is 9.98. The molecule has 0 radical (unpaired) electrons. The molecule has 2 aromatic heterocycles. The Labute approximate surface area is 136 Å². The van der Waals surface area contributed by atoms with E-state index in [0.29, 0.717) is 17.2 Å². The van der Waals surface area contributed by atoms with Crippen molar-refractivity contribution < 1.29 is 12.9 Å². The van der Waals surface area contributed by atoms with Gasteiger partial charge in [-0.1, -0.05) is 5.16 Å². The fraction of sp³-hybridized carbons (Fsp3) is 0.600. The van der Waals surface area contributed by atoms with Crippen LogP contribution in [0.15, 0.2) is 9.42 Å². The first-order chi connectivity index (χ1) is 10.8. The van der Waals surface area contributed by atoms with Crippen molar-refractivity contribution in [1.82, 2.24) is 14.9 Å². The van der Waals surface area contributed by atoms with Gasteiger partial charge < -0.3 is 4.52 Å². The summed E-state index contributed by atoms with van der Waals surface area (Å²) in [6, 6.07) is 0.0949. The van der Waals surface area contributed by atoms with Crippen molar-refractivity contribution >= 4 is 15.8 Å². The molecular weight excluding hydrogens is 316 g/mol. The van der Waals surface area contributed by atoms with Gasteiger partial charge in [-0.2, -0.15) is 5.10 Å². The van der Waals surface area contributed by atoms with Crippen molar-refractivity contribution in [3.63, 3.8) is 0 Å². The first-order valence-electron chi connectivity index (χ1n) is 7.87. The zero-order valence-electron chi connectivity index (χ0n) is 13.9. The summed E-state index contributed by atoms with van der Waals surface area (Å²) in [4.78, 5) is 0.221. The average Bonchev–Trinajstić information content (AvgIpc) is 3.00. The maximum Gasteiger partial charge on any atom is 0.266 e. The third-order valence-corrected chi connectivity index (χ3v) is 5.79. The molecule has 0 aromatic carbocycles. The molecule has 1 aliphatic rings. The first-order valence-corrected chi connectivity index (χ1v) is 9.35. The van der Waals surface area contributed by atoms with Gasteiger partial charge in [0, 0.05) is 18.0 Å². The Hall–Kier alpha value is -1.83. The van der Waals surface area contributed by atoms with Crippen LogP contribution < -0.4 is 4.72 Å². The second-order valence-corrected chi connectivity index (χ2v) is 7.90. The summed E-state index contributed by atoms with van der Waals surface area (Å²) in [6.45, 7) is 7.42. The van der Waals surface area contributed by atoms with Crippen LogP contribution >= 0.6 is 0 Å². The Morgan fingerprint density at radius 1 is 1.22 bits per heavy atom. The fourth-order valence-electron chi connectivity index (χ4n) is 3.18. The molecule has 23 heavy (non-hydrogen) atoms. The zero-order chi connectivity index (χ0) is 16.8. The summed E-state index contributed by atoms with van der Waals surface area (Å²) in [5, 5.41) is 8.26. The molecule has 0 aliphatic heterocycles. The lowest BCUT2D eigenvalue weighted by molar-refractivity contribution is 0.374. The third-order valence-electron chi connectivity index (χ3n) is 4.20. The monoisotopic (exact) mass is 338 g/mol. The van der Waals surface area contributed by atoms with Crippen molar-refractivity contribution in [2.75, 3.05) is 4.72 Å². The smallest absolute Gasteiger partial charge is 0.266 e. The Morgan fingerprint density at radius 2 is 1.91 bits per heavy atom. The minimum absolute atomic E-state index is 0.0949. The highest BCUT2D eigenvalue weighted by Crippen LogP contribution is 2.30. The minimum atomic E-state index is -3.75. The van der Waals surface area contributed by atoms with Gasteiger partial charge in [-0.15, -0.1) is 0 Å². The van der Waals surface area contributed by atoms with Gasteiger partial charge in [-0.25, -0.2) is 8.42 Å². The van der Waals surface area contributed by atoms with E-state index >= 15 is 0 Å². The fourth-order valence-corrected chi connectivity index (χ4v) is 4.61. The number of aromatic nitrogens is 3. The molecule has 2 aromatic rings. The first kappa shape index (κ1) is 16.0. The van der Waals surface area contributed by atoms with Crippen molar-refractivity contribution in [2.24, 2.45) is 0 Å². The maximum absolute atomic E-state index is 12.8. The summed E-state index contributed by atoms with van der Waals surface area (Å²) < 4.78 is 35.2. The number of fused-ring (bicyclic) bond motifs is 1. The van der Waals surface area contributed by atoms with Crippen LogP contribution in [0, 0.1) is 13.8 Å². The van der Waals surface area contributed by atoms with Gasteiger partial charge in [0.15, 0.2) is 5.82 Å². The molecule has 1 aliphatic carbocycles. The van der Waals surface area contributed by atoms with Crippen LogP contribution in [0.25, 0.3) is 0 Å². The molecule has 126 valence electrons. The Balaban J connectivity index is 1.99. The van der Waals surface area contributed by atoms with Crippen molar-refractivity contribution in [3.8, 4) is 0 Å². The van der Waals surface area contributed by atoms with E-state index in [-0.39, 0.29) is 10.9 Å². The van der Waals surface area contributed by atoms with Crippen LogP contribution in [0.5, 0.6) is 0 Å². The highest BCUT2D eigenvalue weighted by molar-refractivity contribution is 7.92. The summed E-state index contributed by atoms with van der Waals surface area (Å²) >= 11 is 0. The number of rotatable bonds is 4. The van der Waals surface area contributed by atoms with Crippen LogP contribution in [-0.4, -0.2) is 23.4 Å². The van der Waals surface area contributed by atoms with Crippen LogP contribution in [0.3, 0.4) is 0 Å². The van der Waals surface area contributed by atoms with Crippen LogP contribution in [0.2, 0.25) is 0 Å². The predicted octanol–water partition coefficient (Wildman–Crippen LogP) is 2.75. The van der Waals surface area contributed by atoms with Crippen LogP contribution in [-0.2, 0) is 22.9 Å². The normalized spacial score (nSPS) is 15.0. The molecule has 8 heteroatoms. The third kappa shape index (κ3) is 2.75. The van der Waals surface area contributed by atoms with E-state index in [1.54, 1.807) is 18.5 Å². The van der Waals surface area contributed by atoms with Gasteiger partial charge in [0.25, 0.3) is 10.0 Å². The van der Waals surface area contributed by atoms with E-state index < -0.39 is 10.0 Å². The number of nitrogens with one attached hydrogen (secondary N) is 1. The van der Waals surface area contributed by atoms with E-state index in [9.17, 15) is 8.42 Å². The number of hydrogen-bond donors (Lipinski definition) is 1. The Morgan fingerprint density at radius 3 is 2.57 bits per heavy atom. The Kier molecular flexibility index (Phi) is 3.95. The predicted molar refractivity (Wildman–Crippen MR) is 86.0 cm³/mol. The highest BCUT2D eigenvalue weighted by atomic mass is 32.2. The number of hydrogen-bond acceptors (Lipinski definition) is 5. The molecule has 0 saturated heterocycles. The highest BCUT2D eigenvalue weighted by Gasteiger charge is 2.29. The molecule has 0 fully saturated rings. The topological polar surface area (TPSA) is 90.0 Å². The SMILES string of the molecule is Cc1nn(C(C)C)c(C)c1S(=O)(=O)Nc1noc2c1CCCC2. The second-order valence-electron chi connectivity index (χ2n) is 6.28. The number of anilines is 1. The van der Waals surface area contributed by atoms with Gasteiger partial charge in [-0.3, -0.25) is 9.40 Å². The standard InChI is InChI=1S/C15H22N4O3S/c1-9(2)19-11(4)14(10(3)16-19)23(20,21)18-15-12-7-5-6-8-13(12)22-17-15/h9H,5-8H2,1-4H3,(H,17,18). The molecule has 0 atom stereocenters. The molecule has 0 unspecified atom stereocenters. The summed E-state index contributed by atoms with van der Waals surface area (Å²) in [7, 11) is -3.75. The van der Waals surface area contributed by atoms with Gasteiger partial charge in [0.2, 0.25) is 0 Å². The molecule has 1 N–H and O–H groups in total. The van der Waals surface area contributed by atoms with E-state index in [0.717, 1.165) is 37.0 Å². The molecule has 0 saturated carbocycles. The van der Waals surface area contributed by atoms with Gasteiger partial charge in [0.05, 0.1) is 11.4 Å². The molecule has 7 nitrogen and oxygen atoms in total. The second kappa shape index (κ2) is 5.67. The zero-order valence-corrected chi connectivity index (χ0v) is 14.7. The van der Waals surface area contributed by atoms with Gasteiger partial charge >= 0.3 is 0 Å². The van der Waals surface area contributed by atoms with E-state index in [1.165, 1.54) is 0 Å². The maximum atomic E-state index is 12.8. The molecule has 2 heterocycles. The van der Waals surface area contributed by atoms with Gasteiger partial charge in [-0.05, 0) is 47.0 Å². The molecule has 0 bridgehead atoms. The summed E-state index contributed by atoms with van der Waals surface area (Å²) in [5.41, 5.74) is 2.00. The minimum Gasteiger partial charge on any atom is -0.359 e. The average molecular weight is 338 g/mol. The van der Waals surface area contributed by atoms with Crippen LogP contribution in [0.1, 0.15) is 55.4 Å². The molecule has 0 amide bonds. The van der Waals surface area contributed by atoms with E-state index in [2.05, 4.69) is 15.0 Å². The van der Waals surface area contributed by atoms with Crippen molar-refractivity contribution in [1.29, 1.82) is 0 Å². The quantitative estimate of drug-likeness (QED) is 0.926. The lowest BCUT2D eigenvalue weighted by Gasteiger charge is -2.11. The lowest BCUT2D eigenvalue weighted by Crippen LogP contribution is -2.17. The van der Waals surface area contributed by atoms with Crippen molar-refractivity contribution in [2.45, 2.75) is 64.3 Å². The summed E-state index contributed by atoms with van der Waals surface area (Å²) in [5.74, 6) is 1.11. The molecule has 0 spiro atoms.